The number of piperazine rings is 1. The molecule has 0 aromatic carbocycles. The summed E-state index contributed by atoms with van der Waals surface area (Å²) in [6, 6.07) is 0.426. The van der Waals surface area contributed by atoms with Gasteiger partial charge < -0.3 is 15.0 Å². The topological polar surface area (TPSA) is 41.6 Å². The Kier molecular flexibility index (Phi) is 3.03. The summed E-state index contributed by atoms with van der Waals surface area (Å²) in [5, 5.41) is 3.33. The fourth-order valence-electron chi connectivity index (χ4n) is 2.12. The molecule has 1 N–H and O–H groups in total. The average molecular weight is 198 g/mol. The van der Waals surface area contributed by atoms with Crippen LogP contribution < -0.4 is 5.32 Å². The molecular weight excluding hydrogens is 180 g/mol. The summed E-state index contributed by atoms with van der Waals surface area (Å²) < 4.78 is 5.23. The van der Waals surface area contributed by atoms with Crippen LogP contribution in [0.2, 0.25) is 0 Å². The number of amides is 1. The predicted octanol–water partition coefficient (Wildman–Crippen LogP) is -0.157. The van der Waals surface area contributed by atoms with Crippen LogP contribution in [0.25, 0.3) is 0 Å². The van der Waals surface area contributed by atoms with Crippen LogP contribution in [-0.4, -0.2) is 49.7 Å². The Morgan fingerprint density at radius 1 is 1.57 bits per heavy atom. The molecule has 14 heavy (non-hydrogen) atoms. The van der Waals surface area contributed by atoms with Gasteiger partial charge >= 0.3 is 0 Å². The van der Waals surface area contributed by atoms with E-state index in [2.05, 4.69) is 12.2 Å². The Morgan fingerprint density at radius 2 is 2.43 bits per heavy atom. The molecule has 0 saturated carbocycles. The third-order valence-electron chi connectivity index (χ3n) is 2.96. The third-order valence-corrected chi connectivity index (χ3v) is 2.96. The highest BCUT2D eigenvalue weighted by atomic mass is 16.5. The molecule has 2 aliphatic rings. The largest absolute Gasteiger partial charge is 0.381 e. The molecule has 0 radical (unpaired) electrons. The van der Waals surface area contributed by atoms with E-state index in [1.54, 1.807) is 0 Å². The van der Waals surface area contributed by atoms with E-state index in [9.17, 15) is 4.79 Å². The fourth-order valence-corrected chi connectivity index (χ4v) is 2.12. The molecule has 0 aromatic rings. The van der Waals surface area contributed by atoms with Crippen molar-refractivity contribution in [2.45, 2.75) is 19.4 Å². The van der Waals surface area contributed by atoms with Crippen LogP contribution in [0.15, 0.2) is 0 Å². The highest BCUT2D eigenvalue weighted by Gasteiger charge is 2.29. The van der Waals surface area contributed by atoms with Crippen LogP contribution in [0.5, 0.6) is 0 Å². The van der Waals surface area contributed by atoms with Crippen molar-refractivity contribution < 1.29 is 9.53 Å². The highest BCUT2D eigenvalue weighted by molar-refractivity contribution is 5.79. The van der Waals surface area contributed by atoms with E-state index in [4.69, 9.17) is 4.74 Å². The molecule has 4 heteroatoms. The summed E-state index contributed by atoms with van der Waals surface area (Å²) in [5.74, 6) is 0.413. The number of rotatable bonds is 1. The Bertz CT molecular complexity index is 214. The van der Waals surface area contributed by atoms with E-state index in [1.807, 2.05) is 4.90 Å². The van der Waals surface area contributed by atoms with E-state index >= 15 is 0 Å². The summed E-state index contributed by atoms with van der Waals surface area (Å²) in [7, 11) is 0. The van der Waals surface area contributed by atoms with Crippen molar-refractivity contribution in [2.24, 2.45) is 5.92 Å². The fraction of sp³-hybridized carbons (Fsp3) is 0.900. The molecule has 0 spiro atoms. The summed E-state index contributed by atoms with van der Waals surface area (Å²) in [6.07, 6.45) is 0.900. The number of carbonyl (C=O) groups excluding carboxylic acids is 1. The highest BCUT2D eigenvalue weighted by Crippen LogP contribution is 2.16. The van der Waals surface area contributed by atoms with Gasteiger partial charge in [-0.1, -0.05) is 0 Å². The van der Waals surface area contributed by atoms with Gasteiger partial charge in [-0.3, -0.25) is 4.79 Å². The lowest BCUT2D eigenvalue weighted by atomic mass is 10.1. The minimum atomic E-state index is 0.125. The summed E-state index contributed by atoms with van der Waals surface area (Å²) in [4.78, 5) is 13.9. The Hall–Kier alpha value is -0.610. The van der Waals surface area contributed by atoms with Crippen molar-refractivity contribution in [3.8, 4) is 0 Å². The van der Waals surface area contributed by atoms with Gasteiger partial charge in [0.15, 0.2) is 0 Å². The van der Waals surface area contributed by atoms with Gasteiger partial charge in [0.2, 0.25) is 5.91 Å². The maximum Gasteiger partial charge on any atom is 0.228 e. The van der Waals surface area contributed by atoms with Crippen LogP contribution in [0, 0.1) is 5.92 Å². The van der Waals surface area contributed by atoms with Crippen molar-refractivity contribution in [3.63, 3.8) is 0 Å². The number of ether oxygens (including phenoxy) is 1. The van der Waals surface area contributed by atoms with Crippen LogP contribution in [0.3, 0.4) is 0 Å². The molecule has 1 amide bonds. The van der Waals surface area contributed by atoms with Crippen molar-refractivity contribution in [3.05, 3.63) is 0 Å². The SMILES string of the molecule is C[C@H]1CN(C(=O)C2CCOC2)CCN1. The molecule has 0 aliphatic carbocycles. The van der Waals surface area contributed by atoms with Gasteiger partial charge in [-0.05, 0) is 13.3 Å². The molecule has 2 fully saturated rings. The Balaban J connectivity index is 1.89. The zero-order chi connectivity index (χ0) is 9.97. The maximum atomic E-state index is 12.0. The molecule has 0 aromatic heterocycles. The van der Waals surface area contributed by atoms with Crippen LogP contribution >= 0.6 is 0 Å². The number of nitrogens with zero attached hydrogens (tertiary/aromatic N) is 1. The normalized spacial score (nSPS) is 33.4. The first-order valence-electron chi connectivity index (χ1n) is 5.37. The van der Waals surface area contributed by atoms with Gasteiger partial charge in [0.25, 0.3) is 0 Å². The van der Waals surface area contributed by atoms with Crippen molar-refractivity contribution in [1.82, 2.24) is 10.2 Å². The quantitative estimate of drug-likeness (QED) is 0.637. The van der Waals surface area contributed by atoms with Gasteiger partial charge in [-0.25, -0.2) is 0 Å². The lowest BCUT2D eigenvalue weighted by Crippen LogP contribution is -2.52. The standard InChI is InChI=1S/C10H18N2O2/c1-8-6-12(4-3-11-8)10(13)9-2-5-14-7-9/h8-9,11H,2-7H2,1H3/t8-,9?/m0/s1. The second-order valence-corrected chi connectivity index (χ2v) is 4.20. The van der Waals surface area contributed by atoms with Gasteiger partial charge in [0.1, 0.15) is 0 Å². The zero-order valence-electron chi connectivity index (χ0n) is 8.66. The summed E-state index contributed by atoms with van der Waals surface area (Å²) in [6.45, 7) is 6.09. The van der Waals surface area contributed by atoms with E-state index in [1.165, 1.54) is 0 Å². The number of nitrogens with one attached hydrogen (secondary N) is 1. The lowest BCUT2D eigenvalue weighted by Gasteiger charge is -2.33. The maximum absolute atomic E-state index is 12.0. The van der Waals surface area contributed by atoms with Gasteiger partial charge in [-0.2, -0.15) is 0 Å². The van der Waals surface area contributed by atoms with E-state index in [-0.39, 0.29) is 11.8 Å². The summed E-state index contributed by atoms with van der Waals surface area (Å²) >= 11 is 0. The summed E-state index contributed by atoms with van der Waals surface area (Å²) in [5.41, 5.74) is 0. The molecule has 0 bridgehead atoms. The molecule has 4 nitrogen and oxygen atoms in total. The van der Waals surface area contributed by atoms with Crippen molar-refractivity contribution in [2.75, 3.05) is 32.8 Å². The molecule has 2 heterocycles. The van der Waals surface area contributed by atoms with Gasteiger partial charge in [-0.15, -0.1) is 0 Å². The molecule has 2 rings (SSSR count). The Labute approximate surface area is 84.6 Å². The molecule has 2 saturated heterocycles. The zero-order valence-corrected chi connectivity index (χ0v) is 8.66. The van der Waals surface area contributed by atoms with Gasteiger partial charge in [0, 0.05) is 32.3 Å². The first-order valence-corrected chi connectivity index (χ1v) is 5.37. The molecule has 1 unspecified atom stereocenters. The second kappa shape index (κ2) is 4.28. The van der Waals surface area contributed by atoms with E-state index in [0.717, 1.165) is 32.7 Å². The molecule has 2 aliphatic heterocycles. The minimum absolute atomic E-state index is 0.125. The monoisotopic (exact) mass is 198 g/mol. The number of hydrogen-bond donors (Lipinski definition) is 1. The van der Waals surface area contributed by atoms with Crippen molar-refractivity contribution in [1.29, 1.82) is 0 Å². The molecular formula is C10H18N2O2. The van der Waals surface area contributed by atoms with Gasteiger partial charge in [0.05, 0.1) is 12.5 Å². The minimum Gasteiger partial charge on any atom is -0.381 e. The lowest BCUT2D eigenvalue weighted by molar-refractivity contribution is -0.136. The molecule has 80 valence electrons. The van der Waals surface area contributed by atoms with E-state index < -0.39 is 0 Å². The Morgan fingerprint density at radius 3 is 3.07 bits per heavy atom. The first-order chi connectivity index (χ1) is 6.77. The van der Waals surface area contributed by atoms with Crippen LogP contribution in [0.4, 0.5) is 0 Å². The smallest absolute Gasteiger partial charge is 0.228 e. The van der Waals surface area contributed by atoms with Crippen LogP contribution in [-0.2, 0) is 9.53 Å². The number of carbonyl (C=O) groups is 1. The average Bonchev–Trinajstić information content (AvgIpc) is 2.69. The van der Waals surface area contributed by atoms with Crippen molar-refractivity contribution >= 4 is 5.91 Å². The first kappa shape index (κ1) is 9.93. The third kappa shape index (κ3) is 2.07. The predicted molar refractivity (Wildman–Crippen MR) is 53.0 cm³/mol. The second-order valence-electron chi connectivity index (χ2n) is 4.20. The molecule has 2 atom stereocenters. The van der Waals surface area contributed by atoms with Crippen LogP contribution in [0.1, 0.15) is 13.3 Å². The number of hydrogen-bond acceptors (Lipinski definition) is 3. The van der Waals surface area contributed by atoms with E-state index in [0.29, 0.717) is 12.6 Å².